The molecule has 2 aromatic rings. The highest BCUT2D eigenvalue weighted by Gasteiger charge is 2.39. The van der Waals surface area contributed by atoms with Crippen LogP contribution in [0.15, 0.2) is 10.9 Å². The van der Waals surface area contributed by atoms with Gasteiger partial charge in [-0.25, -0.2) is 4.98 Å². The van der Waals surface area contributed by atoms with Crippen molar-refractivity contribution >= 4 is 0 Å². The van der Waals surface area contributed by atoms with Gasteiger partial charge in [-0.3, -0.25) is 5.10 Å². The Balaban J connectivity index is 1.91. The Morgan fingerprint density at radius 1 is 1.47 bits per heavy atom. The van der Waals surface area contributed by atoms with Crippen LogP contribution >= 0.6 is 0 Å². The molecule has 3 rings (SSSR count). The standard InChI is InChI=1S/C11H15N5O/c1-11(2)5-3-4-7(11)10-14-9(16-17-10)8-12-6-13-15-8/h6-7H,3-5H2,1-2H3,(H,12,13,15). The van der Waals surface area contributed by atoms with Gasteiger partial charge >= 0.3 is 0 Å². The maximum atomic E-state index is 5.36. The zero-order valence-electron chi connectivity index (χ0n) is 9.97. The molecule has 1 fully saturated rings. The molecule has 1 aliphatic rings. The Hall–Kier alpha value is -1.72. The van der Waals surface area contributed by atoms with Crippen molar-refractivity contribution < 1.29 is 4.52 Å². The molecule has 2 aromatic heterocycles. The lowest BCUT2D eigenvalue weighted by molar-refractivity contribution is 0.261. The van der Waals surface area contributed by atoms with E-state index in [2.05, 4.69) is 39.2 Å². The number of nitrogens with one attached hydrogen (secondary N) is 1. The fraction of sp³-hybridized carbons (Fsp3) is 0.636. The molecule has 0 bridgehead atoms. The molecule has 0 aromatic carbocycles. The van der Waals surface area contributed by atoms with Crippen LogP contribution in [0.3, 0.4) is 0 Å². The zero-order valence-corrected chi connectivity index (χ0v) is 9.97. The van der Waals surface area contributed by atoms with E-state index in [4.69, 9.17) is 4.52 Å². The number of hydrogen-bond acceptors (Lipinski definition) is 5. The number of nitrogens with zero attached hydrogens (tertiary/aromatic N) is 4. The third kappa shape index (κ3) is 1.73. The Labute approximate surface area is 98.8 Å². The average Bonchev–Trinajstić information content (AvgIpc) is 2.94. The molecule has 0 aliphatic heterocycles. The molecule has 0 amide bonds. The van der Waals surface area contributed by atoms with Gasteiger partial charge in [0.05, 0.1) is 0 Å². The topological polar surface area (TPSA) is 80.5 Å². The first-order valence-corrected chi connectivity index (χ1v) is 5.86. The summed E-state index contributed by atoms with van der Waals surface area (Å²) in [6, 6.07) is 0. The van der Waals surface area contributed by atoms with E-state index in [-0.39, 0.29) is 5.41 Å². The Kier molecular flexibility index (Phi) is 2.24. The third-order valence-corrected chi connectivity index (χ3v) is 3.62. The number of aromatic amines is 1. The van der Waals surface area contributed by atoms with Gasteiger partial charge in [-0.05, 0) is 18.3 Å². The summed E-state index contributed by atoms with van der Waals surface area (Å²) in [4.78, 5) is 8.43. The Morgan fingerprint density at radius 3 is 3.00 bits per heavy atom. The maximum Gasteiger partial charge on any atom is 0.239 e. The van der Waals surface area contributed by atoms with E-state index in [0.29, 0.717) is 17.6 Å². The summed E-state index contributed by atoms with van der Waals surface area (Å²) in [5.41, 5.74) is 0.241. The molecule has 0 radical (unpaired) electrons. The molecular weight excluding hydrogens is 218 g/mol. The van der Waals surface area contributed by atoms with Crippen molar-refractivity contribution in [3.05, 3.63) is 12.2 Å². The van der Waals surface area contributed by atoms with Gasteiger partial charge in [0, 0.05) is 5.92 Å². The van der Waals surface area contributed by atoms with Crippen molar-refractivity contribution in [2.45, 2.75) is 39.0 Å². The minimum atomic E-state index is 0.241. The summed E-state index contributed by atoms with van der Waals surface area (Å²) in [6.45, 7) is 4.51. The second kappa shape index (κ2) is 3.65. The van der Waals surface area contributed by atoms with Crippen LogP contribution in [0.2, 0.25) is 0 Å². The van der Waals surface area contributed by atoms with Crippen molar-refractivity contribution in [3.63, 3.8) is 0 Å². The van der Waals surface area contributed by atoms with Gasteiger partial charge in [-0.2, -0.15) is 10.1 Å². The Bertz CT molecular complexity index is 502. The smallest absolute Gasteiger partial charge is 0.239 e. The van der Waals surface area contributed by atoms with E-state index in [1.165, 1.54) is 19.2 Å². The van der Waals surface area contributed by atoms with Crippen LogP contribution in [0, 0.1) is 5.41 Å². The van der Waals surface area contributed by atoms with E-state index >= 15 is 0 Å². The quantitative estimate of drug-likeness (QED) is 0.859. The summed E-state index contributed by atoms with van der Waals surface area (Å²) in [7, 11) is 0. The first-order chi connectivity index (χ1) is 8.17. The van der Waals surface area contributed by atoms with Gasteiger partial charge in [0.2, 0.25) is 11.7 Å². The van der Waals surface area contributed by atoms with Crippen LogP contribution in [0.1, 0.15) is 44.9 Å². The lowest BCUT2D eigenvalue weighted by Gasteiger charge is -2.23. The number of aromatic nitrogens is 5. The summed E-state index contributed by atoms with van der Waals surface area (Å²) in [5, 5.41) is 10.5. The third-order valence-electron chi connectivity index (χ3n) is 3.62. The fourth-order valence-corrected chi connectivity index (χ4v) is 2.57. The minimum Gasteiger partial charge on any atom is -0.339 e. The van der Waals surface area contributed by atoms with Crippen LogP contribution in [-0.2, 0) is 0 Å². The second-order valence-corrected chi connectivity index (χ2v) is 5.22. The fourth-order valence-electron chi connectivity index (χ4n) is 2.57. The molecule has 1 atom stereocenters. The molecule has 90 valence electrons. The minimum absolute atomic E-state index is 0.241. The lowest BCUT2D eigenvalue weighted by Crippen LogP contribution is -2.15. The predicted molar refractivity (Wildman–Crippen MR) is 60.0 cm³/mol. The molecule has 0 saturated heterocycles. The number of hydrogen-bond donors (Lipinski definition) is 1. The second-order valence-electron chi connectivity index (χ2n) is 5.22. The molecule has 17 heavy (non-hydrogen) atoms. The van der Waals surface area contributed by atoms with Gasteiger partial charge in [0.25, 0.3) is 0 Å². The predicted octanol–water partition coefficient (Wildman–Crippen LogP) is 2.15. The Morgan fingerprint density at radius 2 is 2.35 bits per heavy atom. The van der Waals surface area contributed by atoms with Crippen molar-refractivity contribution in [2.75, 3.05) is 0 Å². The molecule has 2 heterocycles. The van der Waals surface area contributed by atoms with Crippen LogP contribution in [-0.4, -0.2) is 25.3 Å². The van der Waals surface area contributed by atoms with Crippen LogP contribution in [0.25, 0.3) is 11.6 Å². The van der Waals surface area contributed by atoms with E-state index in [1.807, 2.05) is 0 Å². The summed E-state index contributed by atoms with van der Waals surface area (Å²) >= 11 is 0. The molecule has 6 nitrogen and oxygen atoms in total. The van der Waals surface area contributed by atoms with Crippen LogP contribution in [0.4, 0.5) is 0 Å². The summed E-state index contributed by atoms with van der Waals surface area (Å²) < 4.78 is 5.36. The molecule has 1 N–H and O–H groups in total. The van der Waals surface area contributed by atoms with Gasteiger partial charge in [0.1, 0.15) is 6.33 Å². The van der Waals surface area contributed by atoms with E-state index < -0.39 is 0 Å². The first-order valence-electron chi connectivity index (χ1n) is 5.86. The lowest BCUT2D eigenvalue weighted by atomic mass is 9.82. The normalized spacial score (nSPS) is 23.1. The molecule has 1 saturated carbocycles. The summed E-state index contributed by atoms with van der Waals surface area (Å²) in [6.07, 6.45) is 4.98. The first kappa shape index (κ1) is 10.4. The number of H-pyrrole nitrogens is 1. The van der Waals surface area contributed by atoms with E-state index in [9.17, 15) is 0 Å². The van der Waals surface area contributed by atoms with Gasteiger partial charge in [0.15, 0.2) is 5.82 Å². The average molecular weight is 233 g/mol. The molecule has 1 unspecified atom stereocenters. The molecule has 1 aliphatic carbocycles. The van der Waals surface area contributed by atoms with E-state index in [0.717, 1.165) is 12.3 Å². The van der Waals surface area contributed by atoms with Crippen LogP contribution < -0.4 is 0 Å². The largest absolute Gasteiger partial charge is 0.339 e. The highest BCUT2D eigenvalue weighted by Crippen LogP contribution is 2.48. The van der Waals surface area contributed by atoms with Crippen molar-refractivity contribution in [1.82, 2.24) is 25.3 Å². The van der Waals surface area contributed by atoms with Crippen molar-refractivity contribution in [3.8, 4) is 11.6 Å². The van der Waals surface area contributed by atoms with Gasteiger partial charge in [-0.1, -0.05) is 25.4 Å². The highest BCUT2D eigenvalue weighted by atomic mass is 16.5. The van der Waals surface area contributed by atoms with Gasteiger partial charge in [-0.15, -0.1) is 0 Å². The highest BCUT2D eigenvalue weighted by molar-refractivity contribution is 5.39. The monoisotopic (exact) mass is 233 g/mol. The van der Waals surface area contributed by atoms with Crippen molar-refractivity contribution in [1.29, 1.82) is 0 Å². The van der Waals surface area contributed by atoms with E-state index in [1.54, 1.807) is 0 Å². The molecular formula is C11H15N5O. The summed E-state index contributed by atoms with van der Waals surface area (Å²) in [5.74, 6) is 2.11. The maximum absolute atomic E-state index is 5.36. The van der Waals surface area contributed by atoms with Crippen molar-refractivity contribution in [2.24, 2.45) is 5.41 Å². The molecule has 6 heteroatoms. The SMILES string of the molecule is CC1(C)CCCC1c1nc(-c2ncn[nH]2)no1. The zero-order chi connectivity index (χ0) is 11.9. The van der Waals surface area contributed by atoms with Gasteiger partial charge < -0.3 is 4.52 Å². The van der Waals surface area contributed by atoms with Crippen LogP contribution in [0.5, 0.6) is 0 Å². The number of rotatable bonds is 2. The molecule has 0 spiro atoms.